The van der Waals surface area contributed by atoms with Crippen molar-refractivity contribution in [2.75, 3.05) is 0 Å². The SMILES string of the molecule is CC(C)NC(=O)C[C@H](C)NC(=O)c1ccccc1. The third-order valence-corrected chi connectivity index (χ3v) is 2.35. The van der Waals surface area contributed by atoms with E-state index in [0.29, 0.717) is 5.56 Å². The van der Waals surface area contributed by atoms with E-state index in [-0.39, 0.29) is 30.3 Å². The highest BCUT2D eigenvalue weighted by molar-refractivity contribution is 5.94. The van der Waals surface area contributed by atoms with Crippen molar-refractivity contribution >= 4 is 11.8 Å². The predicted molar refractivity (Wildman–Crippen MR) is 71.3 cm³/mol. The molecule has 0 saturated carbocycles. The summed E-state index contributed by atoms with van der Waals surface area (Å²) in [7, 11) is 0. The molecule has 0 aliphatic carbocycles. The van der Waals surface area contributed by atoms with Crippen LogP contribution in [0.15, 0.2) is 30.3 Å². The van der Waals surface area contributed by atoms with Crippen LogP contribution in [0.1, 0.15) is 37.6 Å². The lowest BCUT2D eigenvalue weighted by Gasteiger charge is -2.15. The number of rotatable bonds is 5. The fraction of sp³-hybridized carbons (Fsp3) is 0.429. The van der Waals surface area contributed by atoms with Gasteiger partial charge in [-0.1, -0.05) is 18.2 Å². The van der Waals surface area contributed by atoms with Gasteiger partial charge in [0.15, 0.2) is 0 Å². The van der Waals surface area contributed by atoms with E-state index in [4.69, 9.17) is 0 Å². The lowest BCUT2D eigenvalue weighted by Crippen LogP contribution is -2.39. The van der Waals surface area contributed by atoms with Gasteiger partial charge < -0.3 is 10.6 Å². The molecule has 2 N–H and O–H groups in total. The smallest absolute Gasteiger partial charge is 0.251 e. The van der Waals surface area contributed by atoms with Gasteiger partial charge in [-0.3, -0.25) is 9.59 Å². The zero-order chi connectivity index (χ0) is 13.5. The lowest BCUT2D eigenvalue weighted by molar-refractivity contribution is -0.121. The van der Waals surface area contributed by atoms with E-state index < -0.39 is 0 Å². The molecule has 1 atom stereocenters. The topological polar surface area (TPSA) is 58.2 Å². The number of hydrogen-bond acceptors (Lipinski definition) is 2. The van der Waals surface area contributed by atoms with E-state index in [2.05, 4.69) is 10.6 Å². The number of benzene rings is 1. The fourth-order valence-corrected chi connectivity index (χ4v) is 1.61. The quantitative estimate of drug-likeness (QED) is 0.833. The molecule has 2 amide bonds. The molecule has 0 heterocycles. The highest BCUT2D eigenvalue weighted by atomic mass is 16.2. The molecule has 0 radical (unpaired) electrons. The van der Waals surface area contributed by atoms with Gasteiger partial charge in [-0.05, 0) is 32.9 Å². The summed E-state index contributed by atoms with van der Waals surface area (Å²) in [6, 6.07) is 8.91. The molecule has 0 unspecified atom stereocenters. The molecule has 1 rings (SSSR count). The Morgan fingerprint density at radius 3 is 2.22 bits per heavy atom. The number of amides is 2. The summed E-state index contributed by atoms with van der Waals surface area (Å²) in [6.07, 6.45) is 0.288. The van der Waals surface area contributed by atoms with Crippen molar-refractivity contribution in [3.05, 3.63) is 35.9 Å². The minimum absolute atomic E-state index is 0.0501. The molecule has 0 aromatic heterocycles. The van der Waals surface area contributed by atoms with E-state index in [9.17, 15) is 9.59 Å². The summed E-state index contributed by atoms with van der Waals surface area (Å²) in [4.78, 5) is 23.3. The number of hydrogen-bond donors (Lipinski definition) is 2. The van der Waals surface area contributed by atoms with E-state index in [0.717, 1.165) is 0 Å². The van der Waals surface area contributed by atoms with Crippen LogP contribution in [0.3, 0.4) is 0 Å². The monoisotopic (exact) mass is 248 g/mol. The maximum atomic E-state index is 11.8. The molecule has 0 aliphatic heterocycles. The largest absolute Gasteiger partial charge is 0.354 e. The summed E-state index contributed by atoms with van der Waals surface area (Å²) >= 11 is 0. The van der Waals surface area contributed by atoms with Gasteiger partial charge in [0, 0.05) is 24.1 Å². The Kier molecular flexibility index (Phi) is 5.36. The summed E-state index contributed by atoms with van der Waals surface area (Å²) in [5, 5.41) is 5.60. The van der Waals surface area contributed by atoms with Crippen LogP contribution in [0.2, 0.25) is 0 Å². The van der Waals surface area contributed by atoms with E-state index in [1.165, 1.54) is 0 Å². The van der Waals surface area contributed by atoms with Gasteiger partial charge in [-0.15, -0.1) is 0 Å². The average Bonchev–Trinajstić information content (AvgIpc) is 2.28. The maximum Gasteiger partial charge on any atom is 0.251 e. The van der Waals surface area contributed by atoms with Gasteiger partial charge in [-0.2, -0.15) is 0 Å². The van der Waals surface area contributed by atoms with Crippen LogP contribution in [-0.2, 0) is 4.79 Å². The Hall–Kier alpha value is -1.84. The van der Waals surface area contributed by atoms with Gasteiger partial charge in [0.05, 0.1) is 0 Å². The summed E-state index contributed by atoms with van der Waals surface area (Å²) in [5.41, 5.74) is 0.605. The first-order chi connectivity index (χ1) is 8.49. The number of carbonyl (C=O) groups excluding carboxylic acids is 2. The molecule has 1 aromatic carbocycles. The summed E-state index contributed by atoms with van der Waals surface area (Å²) in [6.45, 7) is 5.64. The Bertz CT molecular complexity index is 402. The molecule has 18 heavy (non-hydrogen) atoms. The summed E-state index contributed by atoms with van der Waals surface area (Å²) < 4.78 is 0. The highest BCUT2D eigenvalue weighted by Crippen LogP contribution is 2.00. The van der Waals surface area contributed by atoms with Crippen LogP contribution in [0.5, 0.6) is 0 Å². The molecule has 0 spiro atoms. The second-order valence-corrected chi connectivity index (χ2v) is 4.67. The molecule has 1 aromatic rings. The highest BCUT2D eigenvalue weighted by Gasteiger charge is 2.13. The van der Waals surface area contributed by atoms with Crippen LogP contribution in [0.25, 0.3) is 0 Å². The van der Waals surface area contributed by atoms with Crippen molar-refractivity contribution in [2.24, 2.45) is 0 Å². The van der Waals surface area contributed by atoms with Crippen molar-refractivity contribution in [2.45, 2.75) is 39.3 Å². The lowest BCUT2D eigenvalue weighted by atomic mass is 10.1. The molecule has 4 heteroatoms. The fourth-order valence-electron chi connectivity index (χ4n) is 1.61. The van der Waals surface area contributed by atoms with Gasteiger partial charge in [0.1, 0.15) is 0 Å². The van der Waals surface area contributed by atoms with Gasteiger partial charge in [0.25, 0.3) is 5.91 Å². The molecule has 98 valence electrons. The zero-order valence-electron chi connectivity index (χ0n) is 11.1. The normalized spacial score (nSPS) is 12.0. The first kappa shape index (κ1) is 14.2. The molecule has 0 aliphatic rings. The third-order valence-electron chi connectivity index (χ3n) is 2.35. The van der Waals surface area contributed by atoms with Crippen molar-refractivity contribution < 1.29 is 9.59 Å². The molecular weight excluding hydrogens is 228 g/mol. The zero-order valence-corrected chi connectivity index (χ0v) is 11.1. The first-order valence-corrected chi connectivity index (χ1v) is 6.14. The van der Waals surface area contributed by atoms with Crippen molar-refractivity contribution in [3.63, 3.8) is 0 Å². The van der Waals surface area contributed by atoms with E-state index >= 15 is 0 Å². The second kappa shape index (κ2) is 6.79. The van der Waals surface area contributed by atoms with Crippen LogP contribution < -0.4 is 10.6 Å². The average molecular weight is 248 g/mol. The van der Waals surface area contributed by atoms with Crippen LogP contribution in [0.4, 0.5) is 0 Å². The number of carbonyl (C=O) groups is 2. The molecule has 0 saturated heterocycles. The first-order valence-electron chi connectivity index (χ1n) is 6.14. The summed E-state index contributed by atoms with van der Waals surface area (Å²) in [5.74, 6) is -0.202. The Morgan fingerprint density at radius 1 is 1.06 bits per heavy atom. The van der Waals surface area contributed by atoms with Crippen molar-refractivity contribution in [3.8, 4) is 0 Å². The minimum atomic E-state index is -0.184. The maximum absolute atomic E-state index is 11.8. The standard InChI is InChI=1S/C14H20N2O2/c1-10(2)15-13(17)9-11(3)16-14(18)12-7-5-4-6-8-12/h4-8,10-11H,9H2,1-3H3,(H,15,17)(H,16,18)/t11-/m0/s1. The van der Waals surface area contributed by atoms with Crippen molar-refractivity contribution in [1.29, 1.82) is 0 Å². The van der Waals surface area contributed by atoms with Crippen LogP contribution in [0, 0.1) is 0 Å². The van der Waals surface area contributed by atoms with Gasteiger partial charge in [0.2, 0.25) is 5.91 Å². The minimum Gasteiger partial charge on any atom is -0.354 e. The number of nitrogens with one attached hydrogen (secondary N) is 2. The molecule has 4 nitrogen and oxygen atoms in total. The Balaban J connectivity index is 2.43. The molecular formula is C14H20N2O2. The Labute approximate surface area is 108 Å². The van der Waals surface area contributed by atoms with Crippen LogP contribution >= 0.6 is 0 Å². The van der Waals surface area contributed by atoms with Gasteiger partial charge >= 0.3 is 0 Å². The van der Waals surface area contributed by atoms with Crippen LogP contribution in [-0.4, -0.2) is 23.9 Å². The van der Waals surface area contributed by atoms with Crippen molar-refractivity contribution in [1.82, 2.24) is 10.6 Å². The van der Waals surface area contributed by atoms with E-state index in [1.54, 1.807) is 12.1 Å². The molecule has 0 fully saturated rings. The Morgan fingerprint density at radius 2 is 1.67 bits per heavy atom. The third kappa shape index (κ3) is 4.99. The van der Waals surface area contributed by atoms with Gasteiger partial charge in [-0.25, -0.2) is 0 Å². The second-order valence-electron chi connectivity index (χ2n) is 4.67. The molecule has 0 bridgehead atoms. The van der Waals surface area contributed by atoms with E-state index in [1.807, 2.05) is 39.0 Å². The predicted octanol–water partition coefficient (Wildman–Crippen LogP) is 1.72.